The van der Waals surface area contributed by atoms with Gasteiger partial charge >= 0.3 is 0 Å². The molecular formula is C21H24Cl2N2O3. The van der Waals surface area contributed by atoms with Crippen molar-refractivity contribution >= 4 is 35.0 Å². The highest BCUT2D eigenvalue weighted by molar-refractivity contribution is 6.32. The summed E-state index contributed by atoms with van der Waals surface area (Å²) in [7, 11) is 0. The normalized spacial score (nSPS) is 11.8. The number of amides is 2. The van der Waals surface area contributed by atoms with Crippen LogP contribution < -0.4 is 10.1 Å². The van der Waals surface area contributed by atoms with E-state index in [9.17, 15) is 9.59 Å². The van der Waals surface area contributed by atoms with Crippen molar-refractivity contribution in [3.63, 3.8) is 0 Å². The van der Waals surface area contributed by atoms with Crippen LogP contribution in [0.25, 0.3) is 0 Å². The molecule has 2 amide bonds. The van der Waals surface area contributed by atoms with E-state index in [0.29, 0.717) is 15.8 Å². The highest BCUT2D eigenvalue weighted by atomic mass is 35.5. The van der Waals surface area contributed by atoms with Gasteiger partial charge in [0.05, 0.1) is 5.02 Å². The molecule has 0 radical (unpaired) electrons. The van der Waals surface area contributed by atoms with Crippen molar-refractivity contribution in [3.8, 4) is 5.75 Å². The van der Waals surface area contributed by atoms with Crippen LogP contribution in [0.15, 0.2) is 48.5 Å². The Kier molecular flexibility index (Phi) is 8.15. The number of hydrogen-bond donors (Lipinski definition) is 1. The maximum atomic E-state index is 12.9. The molecule has 0 unspecified atom stereocenters. The summed E-state index contributed by atoms with van der Waals surface area (Å²) in [4.78, 5) is 26.9. The van der Waals surface area contributed by atoms with Gasteiger partial charge in [0, 0.05) is 17.6 Å². The number of halogens is 2. The lowest BCUT2D eigenvalue weighted by molar-refractivity contribution is -0.142. The van der Waals surface area contributed by atoms with E-state index in [-0.39, 0.29) is 31.0 Å². The second-order valence-corrected chi connectivity index (χ2v) is 7.49. The van der Waals surface area contributed by atoms with Gasteiger partial charge in [0.2, 0.25) is 5.91 Å². The molecule has 0 aliphatic rings. The zero-order valence-electron chi connectivity index (χ0n) is 16.1. The van der Waals surface area contributed by atoms with E-state index in [2.05, 4.69) is 5.32 Å². The molecule has 5 nitrogen and oxygen atoms in total. The second kappa shape index (κ2) is 10.3. The van der Waals surface area contributed by atoms with E-state index in [1.54, 1.807) is 37.3 Å². The third-order valence-corrected chi connectivity index (χ3v) is 4.77. The molecule has 2 aromatic rings. The van der Waals surface area contributed by atoms with Crippen molar-refractivity contribution in [2.24, 2.45) is 0 Å². The average Bonchev–Trinajstić information content (AvgIpc) is 2.65. The molecule has 1 atom stereocenters. The first-order valence-corrected chi connectivity index (χ1v) is 9.75. The molecule has 2 rings (SSSR count). The Morgan fingerprint density at radius 3 is 2.21 bits per heavy atom. The van der Waals surface area contributed by atoms with Crippen molar-refractivity contribution in [1.29, 1.82) is 0 Å². The third kappa shape index (κ3) is 6.14. The molecule has 0 saturated carbocycles. The van der Waals surface area contributed by atoms with Gasteiger partial charge in [-0.05, 0) is 44.5 Å². The Balaban J connectivity index is 2.18. The summed E-state index contributed by atoms with van der Waals surface area (Å²) >= 11 is 12.3. The minimum Gasteiger partial charge on any atom is -0.482 e. The standard InChI is InChI=1S/C21H24Cl2N2O3/c1-14(2)24-21(27)15(3)25(12-16-8-4-5-9-17(16)22)20(26)13-28-19-11-7-6-10-18(19)23/h4-11,14-15H,12-13H2,1-3H3,(H,24,27)/t15-/m0/s1. The van der Waals surface area contributed by atoms with Gasteiger partial charge in [-0.1, -0.05) is 53.5 Å². The molecule has 28 heavy (non-hydrogen) atoms. The lowest BCUT2D eigenvalue weighted by Crippen LogP contribution is -2.50. The van der Waals surface area contributed by atoms with Crippen LogP contribution in [-0.2, 0) is 16.1 Å². The first-order valence-electron chi connectivity index (χ1n) is 9.00. The van der Waals surface area contributed by atoms with Crippen molar-refractivity contribution in [2.45, 2.75) is 39.4 Å². The molecule has 0 aliphatic carbocycles. The summed E-state index contributed by atoms with van der Waals surface area (Å²) in [6.45, 7) is 5.36. The van der Waals surface area contributed by atoms with Crippen molar-refractivity contribution in [1.82, 2.24) is 10.2 Å². The molecular weight excluding hydrogens is 399 g/mol. The Bertz CT molecular complexity index is 827. The molecule has 0 saturated heterocycles. The molecule has 0 heterocycles. The van der Waals surface area contributed by atoms with Crippen LogP contribution in [0.2, 0.25) is 10.0 Å². The molecule has 0 aliphatic heterocycles. The van der Waals surface area contributed by atoms with Gasteiger partial charge in [-0.3, -0.25) is 9.59 Å². The average molecular weight is 423 g/mol. The topological polar surface area (TPSA) is 58.6 Å². The number of ether oxygens (including phenoxy) is 1. The monoisotopic (exact) mass is 422 g/mol. The number of hydrogen-bond acceptors (Lipinski definition) is 3. The van der Waals surface area contributed by atoms with Gasteiger partial charge in [-0.25, -0.2) is 0 Å². The number of para-hydroxylation sites is 1. The van der Waals surface area contributed by atoms with Gasteiger partial charge in [0.25, 0.3) is 5.91 Å². The summed E-state index contributed by atoms with van der Waals surface area (Å²) < 4.78 is 5.57. The van der Waals surface area contributed by atoms with Crippen molar-refractivity contribution in [2.75, 3.05) is 6.61 Å². The minimum atomic E-state index is -0.694. The first-order chi connectivity index (χ1) is 13.3. The van der Waals surface area contributed by atoms with Crippen LogP contribution in [0.4, 0.5) is 0 Å². The maximum absolute atomic E-state index is 12.9. The summed E-state index contributed by atoms with van der Waals surface area (Å²) in [5.74, 6) is -0.172. The van der Waals surface area contributed by atoms with Crippen LogP contribution in [-0.4, -0.2) is 35.4 Å². The Morgan fingerprint density at radius 2 is 1.61 bits per heavy atom. The minimum absolute atomic E-state index is 0.0356. The lowest BCUT2D eigenvalue weighted by atomic mass is 10.1. The van der Waals surface area contributed by atoms with Crippen LogP contribution in [0.3, 0.4) is 0 Å². The fourth-order valence-electron chi connectivity index (χ4n) is 2.58. The quantitative estimate of drug-likeness (QED) is 0.688. The zero-order valence-corrected chi connectivity index (χ0v) is 17.6. The van der Waals surface area contributed by atoms with Gasteiger partial charge in [-0.2, -0.15) is 0 Å². The number of carbonyl (C=O) groups is 2. The van der Waals surface area contributed by atoms with Gasteiger partial charge < -0.3 is 15.0 Å². The van der Waals surface area contributed by atoms with Crippen molar-refractivity contribution < 1.29 is 14.3 Å². The smallest absolute Gasteiger partial charge is 0.261 e. The largest absolute Gasteiger partial charge is 0.482 e. The molecule has 1 N–H and O–H groups in total. The Labute approximate surface area is 175 Å². The maximum Gasteiger partial charge on any atom is 0.261 e. The van der Waals surface area contributed by atoms with Crippen LogP contribution >= 0.6 is 23.2 Å². The predicted molar refractivity (Wildman–Crippen MR) is 112 cm³/mol. The SMILES string of the molecule is CC(C)NC(=O)[C@H](C)N(Cc1ccccc1Cl)C(=O)COc1ccccc1Cl. The van der Waals surface area contributed by atoms with Crippen LogP contribution in [0.5, 0.6) is 5.75 Å². The van der Waals surface area contributed by atoms with Crippen LogP contribution in [0.1, 0.15) is 26.3 Å². The highest BCUT2D eigenvalue weighted by Gasteiger charge is 2.27. The van der Waals surface area contributed by atoms with E-state index in [4.69, 9.17) is 27.9 Å². The van der Waals surface area contributed by atoms with E-state index in [1.807, 2.05) is 32.0 Å². The fraction of sp³-hybridized carbons (Fsp3) is 0.333. The number of carbonyl (C=O) groups excluding carboxylic acids is 2. The Morgan fingerprint density at radius 1 is 1.00 bits per heavy atom. The summed E-state index contributed by atoms with van der Waals surface area (Å²) in [6.07, 6.45) is 0. The lowest BCUT2D eigenvalue weighted by Gasteiger charge is -2.29. The fourth-order valence-corrected chi connectivity index (χ4v) is 2.97. The Hall–Kier alpha value is -2.24. The first kappa shape index (κ1) is 22.1. The number of rotatable bonds is 8. The molecule has 7 heteroatoms. The van der Waals surface area contributed by atoms with E-state index < -0.39 is 6.04 Å². The molecule has 0 aromatic heterocycles. The number of nitrogens with zero attached hydrogens (tertiary/aromatic N) is 1. The highest BCUT2D eigenvalue weighted by Crippen LogP contribution is 2.23. The van der Waals surface area contributed by atoms with Gasteiger partial charge in [-0.15, -0.1) is 0 Å². The van der Waals surface area contributed by atoms with Gasteiger partial charge in [0.1, 0.15) is 11.8 Å². The third-order valence-electron chi connectivity index (χ3n) is 4.08. The molecule has 0 fully saturated rings. The summed E-state index contributed by atoms with van der Waals surface area (Å²) in [5.41, 5.74) is 0.749. The zero-order chi connectivity index (χ0) is 20.7. The molecule has 150 valence electrons. The second-order valence-electron chi connectivity index (χ2n) is 6.67. The van der Waals surface area contributed by atoms with E-state index in [1.165, 1.54) is 4.90 Å². The molecule has 0 spiro atoms. The van der Waals surface area contributed by atoms with Crippen molar-refractivity contribution in [3.05, 3.63) is 64.1 Å². The van der Waals surface area contributed by atoms with E-state index in [0.717, 1.165) is 5.56 Å². The van der Waals surface area contributed by atoms with Gasteiger partial charge in [0.15, 0.2) is 6.61 Å². The predicted octanol–water partition coefficient (Wildman–Crippen LogP) is 4.31. The molecule has 0 bridgehead atoms. The number of benzene rings is 2. The van der Waals surface area contributed by atoms with Crippen LogP contribution in [0, 0.1) is 0 Å². The summed E-state index contributed by atoms with van der Waals surface area (Å²) in [5, 5.41) is 3.78. The summed E-state index contributed by atoms with van der Waals surface area (Å²) in [6, 6.07) is 13.4. The van der Waals surface area contributed by atoms with E-state index >= 15 is 0 Å². The number of nitrogens with one attached hydrogen (secondary N) is 1. The molecule has 2 aromatic carbocycles.